The predicted molar refractivity (Wildman–Crippen MR) is 86.2 cm³/mol. The Morgan fingerprint density at radius 1 is 1.18 bits per heavy atom. The van der Waals surface area contributed by atoms with Crippen LogP contribution in [0.3, 0.4) is 0 Å². The standard InChI is InChI=1S/C19H14O3/c1-3-14-17-18(20)13-10-11(2)8-9-16(13)22-19(17)12-6-4-5-7-15(12)21-14/h3-10,14H,1H2,2H3. The van der Waals surface area contributed by atoms with Gasteiger partial charge in [0.1, 0.15) is 23.2 Å². The number of ether oxygens (including phenoxy) is 1. The van der Waals surface area contributed by atoms with Gasteiger partial charge in [-0.3, -0.25) is 4.79 Å². The van der Waals surface area contributed by atoms with Gasteiger partial charge in [0.05, 0.1) is 16.5 Å². The highest BCUT2D eigenvalue weighted by Crippen LogP contribution is 2.42. The molecular formula is C19H14O3. The highest BCUT2D eigenvalue weighted by Gasteiger charge is 2.29. The van der Waals surface area contributed by atoms with Gasteiger partial charge in [-0.25, -0.2) is 0 Å². The first-order valence-corrected chi connectivity index (χ1v) is 7.15. The fraction of sp³-hybridized carbons (Fsp3) is 0.105. The van der Waals surface area contributed by atoms with Crippen molar-refractivity contribution < 1.29 is 9.15 Å². The monoisotopic (exact) mass is 290 g/mol. The Kier molecular flexibility index (Phi) is 2.70. The zero-order valence-corrected chi connectivity index (χ0v) is 12.1. The first kappa shape index (κ1) is 12.9. The lowest BCUT2D eigenvalue weighted by Crippen LogP contribution is -2.21. The predicted octanol–water partition coefficient (Wildman–Crippen LogP) is 4.39. The van der Waals surface area contributed by atoms with E-state index in [0.717, 1.165) is 11.1 Å². The molecule has 2 heterocycles. The Bertz CT molecular complexity index is 966. The highest BCUT2D eigenvalue weighted by molar-refractivity contribution is 5.83. The van der Waals surface area contributed by atoms with Crippen molar-refractivity contribution in [1.82, 2.24) is 0 Å². The summed E-state index contributed by atoms with van der Waals surface area (Å²) in [7, 11) is 0. The Hall–Kier alpha value is -2.81. The molecule has 1 aliphatic heterocycles. The maximum Gasteiger partial charge on any atom is 0.200 e. The van der Waals surface area contributed by atoms with Crippen LogP contribution >= 0.6 is 0 Å². The summed E-state index contributed by atoms with van der Waals surface area (Å²) in [5.41, 5.74) is 2.88. The molecule has 0 aliphatic carbocycles. The molecular weight excluding hydrogens is 276 g/mol. The van der Waals surface area contributed by atoms with Crippen molar-refractivity contribution in [3.8, 4) is 17.1 Å². The topological polar surface area (TPSA) is 39.4 Å². The number of aryl methyl sites for hydroxylation is 1. The van der Waals surface area contributed by atoms with Gasteiger partial charge in [0, 0.05) is 0 Å². The SMILES string of the molecule is C=CC1Oc2ccccc2-c2oc3ccc(C)cc3c(=O)c21. The number of hydrogen-bond donors (Lipinski definition) is 0. The van der Waals surface area contributed by atoms with Crippen LogP contribution in [0.5, 0.6) is 5.75 Å². The van der Waals surface area contributed by atoms with E-state index in [-0.39, 0.29) is 5.43 Å². The van der Waals surface area contributed by atoms with E-state index in [1.54, 1.807) is 6.08 Å². The van der Waals surface area contributed by atoms with Crippen LogP contribution in [-0.4, -0.2) is 0 Å². The van der Waals surface area contributed by atoms with Crippen LogP contribution in [0.25, 0.3) is 22.3 Å². The number of benzene rings is 2. The summed E-state index contributed by atoms with van der Waals surface area (Å²) in [5.74, 6) is 1.28. The van der Waals surface area contributed by atoms with Crippen molar-refractivity contribution in [3.63, 3.8) is 0 Å². The van der Waals surface area contributed by atoms with Crippen LogP contribution in [0.2, 0.25) is 0 Å². The fourth-order valence-electron chi connectivity index (χ4n) is 2.90. The summed E-state index contributed by atoms with van der Waals surface area (Å²) in [6.45, 7) is 5.74. The third kappa shape index (κ3) is 1.72. The zero-order chi connectivity index (χ0) is 15.3. The zero-order valence-electron chi connectivity index (χ0n) is 12.1. The Labute approximate surface area is 127 Å². The minimum absolute atomic E-state index is 0.0562. The molecule has 2 aromatic carbocycles. The van der Waals surface area contributed by atoms with Crippen molar-refractivity contribution in [1.29, 1.82) is 0 Å². The molecule has 0 saturated carbocycles. The summed E-state index contributed by atoms with van der Waals surface area (Å²) >= 11 is 0. The van der Waals surface area contributed by atoms with Gasteiger partial charge in [0.2, 0.25) is 5.43 Å². The molecule has 0 N–H and O–H groups in total. The fourth-order valence-corrected chi connectivity index (χ4v) is 2.90. The molecule has 0 saturated heterocycles. The lowest BCUT2D eigenvalue weighted by Gasteiger charge is -2.25. The third-order valence-electron chi connectivity index (χ3n) is 3.97. The quantitative estimate of drug-likeness (QED) is 0.624. The number of para-hydroxylation sites is 1. The highest BCUT2D eigenvalue weighted by atomic mass is 16.5. The van der Waals surface area contributed by atoms with Gasteiger partial charge >= 0.3 is 0 Å². The van der Waals surface area contributed by atoms with Crippen molar-refractivity contribution >= 4 is 11.0 Å². The van der Waals surface area contributed by atoms with Gasteiger partial charge in [-0.2, -0.15) is 0 Å². The number of hydrogen-bond acceptors (Lipinski definition) is 3. The molecule has 3 aromatic rings. The van der Waals surface area contributed by atoms with E-state index in [9.17, 15) is 4.79 Å². The maximum atomic E-state index is 12.9. The number of rotatable bonds is 1. The Morgan fingerprint density at radius 2 is 2.00 bits per heavy atom. The summed E-state index contributed by atoms with van der Waals surface area (Å²) in [6.07, 6.45) is 1.14. The molecule has 108 valence electrons. The molecule has 1 unspecified atom stereocenters. The smallest absolute Gasteiger partial charge is 0.200 e. The molecule has 3 heteroatoms. The molecule has 3 nitrogen and oxygen atoms in total. The van der Waals surface area contributed by atoms with Crippen molar-refractivity contribution in [2.75, 3.05) is 0 Å². The average molecular weight is 290 g/mol. The van der Waals surface area contributed by atoms with Gasteiger partial charge in [-0.15, -0.1) is 0 Å². The van der Waals surface area contributed by atoms with Gasteiger partial charge in [-0.1, -0.05) is 30.3 Å². The van der Waals surface area contributed by atoms with Gasteiger partial charge in [0.15, 0.2) is 0 Å². The first-order valence-electron chi connectivity index (χ1n) is 7.15. The van der Waals surface area contributed by atoms with Crippen LogP contribution in [0.1, 0.15) is 17.2 Å². The molecule has 1 atom stereocenters. The average Bonchev–Trinajstić information content (AvgIpc) is 2.55. The molecule has 22 heavy (non-hydrogen) atoms. The van der Waals surface area contributed by atoms with Crippen molar-refractivity contribution in [3.05, 3.63) is 76.5 Å². The lowest BCUT2D eigenvalue weighted by molar-refractivity contribution is 0.246. The van der Waals surface area contributed by atoms with Crippen molar-refractivity contribution in [2.45, 2.75) is 13.0 Å². The second-order valence-corrected chi connectivity index (χ2v) is 5.44. The van der Waals surface area contributed by atoms with Gasteiger partial charge in [-0.05, 0) is 37.3 Å². The van der Waals surface area contributed by atoms with E-state index >= 15 is 0 Å². The van der Waals surface area contributed by atoms with E-state index in [1.807, 2.05) is 49.4 Å². The Morgan fingerprint density at radius 3 is 2.82 bits per heavy atom. The van der Waals surface area contributed by atoms with Gasteiger partial charge < -0.3 is 9.15 Å². The second-order valence-electron chi connectivity index (χ2n) is 5.44. The summed E-state index contributed by atoms with van der Waals surface area (Å²) < 4.78 is 11.9. The van der Waals surface area contributed by atoms with Crippen LogP contribution in [0, 0.1) is 6.92 Å². The normalized spacial score (nSPS) is 15.8. The molecule has 0 spiro atoms. The van der Waals surface area contributed by atoms with E-state index in [2.05, 4.69) is 6.58 Å². The van der Waals surface area contributed by atoms with Crippen molar-refractivity contribution in [2.24, 2.45) is 0 Å². The minimum atomic E-state index is -0.494. The van der Waals surface area contributed by atoms with E-state index in [0.29, 0.717) is 28.0 Å². The van der Waals surface area contributed by atoms with Gasteiger partial charge in [0.25, 0.3) is 0 Å². The minimum Gasteiger partial charge on any atom is -0.481 e. The summed E-state index contributed by atoms with van der Waals surface area (Å²) in [5, 5.41) is 0.577. The van der Waals surface area contributed by atoms with E-state index in [4.69, 9.17) is 9.15 Å². The molecule has 0 bridgehead atoms. The molecule has 0 radical (unpaired) electrons. The largest absolute Gasteiger partial charge is 0.481 e. The molecule has 4 rings (SSSR count). The number of fused-ring (bicyclic) bond motifs is 4. The first-order chi connectivity index (χ1) is 10.7. The Balaban J connectivity index is 2.16. The van der Waals surface area contributed by atoms with Crippen LogP contribution < -0.4 is 10.2 Å². The molecule has 0 amide bonds. The van der Waals surface area contributed by atoms with Crippen LogP contribution in [0.4, 0.5) is 0 Å². The third-order valence-corrected chi connectivity index (χ3v) is 3.97. The molecule has 1 aromatic heterocycles. The van der Waals surface area contributed by atoms with E-state index < -0.39 is 6.10 Å². The van der Waals surface area contributed by atoms with E-state index in [1.165, 1.54) is 0 Å². The molecule has 0 fully saturated rings. The summed E-state index contributed by atoms with van der Waals surface area (Å²) in [4.78, 5) is 12.9. The maximum absolute atomic E-state index is 12.9. The molecule has 1 aliphatic rings. The van der Waals surface area contributed by atoms with Crippen LogP contribution in [0.15, 0.2) is 64.3 Å². The summed E-state index contributed by atoms with van der Waals surface area (Å²) in [6, 6.07) is 13.2. The lowest BCUT2D eigenvalue weighted by atomic mass is 9.96. The van der Waals surface area contributed by atoms with Crippen LogP contribution in [-0.2, 0) is 0 Å². The second kappa shape index (κ2) is 4.60.